The standard InChI is InChI=1S/C17H21FO4/c1-16(2,18)11-8-12(14-13(9-11)21-10-22-14)17(15(19)20)6-4-3-5-7-17/h8-9H,3-7,10H2,1-2H3,(H,19,20). The number of rotatable bonds is 3. The average molecular weight is 308 g/mol. The number of halogens is 1. The lowest BCUT2D eigenvalue weighted by atomic mass is 9.68. The fraction of sp³-hybridized carbons (Fsp3) is 0.588. The summed E-state index contributed by atoms with van der Waals surface area (Å²) in [6.07, 6.45) is 3.84. The largest absolute Gasteiger partial charge is 0.481 e. The summed E-state index contributed by atoms with van der Waals surface area (Å²) >= 11 is 0. The maximum absolute atomic E-state index is 14.4. The molecule has 1 aromatic carbocycles. The molecule has 1 N–H and O–H groups in total. The number of carboxylic acid groups (broad SMARTS) is 1. The zero-order valence-corrected chi connectivity index (χ0v) is 12.9. The molecule has 1 aliphatic carbocycles. The third-order valence-corrected chi connectivity index (χ3v) is 4.79. The molecule has 0 saturated heterocycles. The Labute approximate surface area is 129 Å². The number of fused-ring (bicyclic) bond motifs is 1. The first-order valence-corrected chi connectivity index (χ1v) is 7.71. The van der Waals surface area contributed by atoms with Crippen LogP contribution in [0.1, 0.15) is 57.1 Å². The number of aliphatic carboxylic acids is 1. The molecule has 1 aromatic rings. The zero-order chi connectivity index (χ0) is 16.0. The van der Waals surface area contributed by atoms with Crippen molar-refractivity contribution in [2.45, 2.75) is 57.0 Å². The molecule has 0 unspecified atom stereocenters. The molecule has 4 nitrogen and oxygen atoms in total. The van der Waals surface area contributed by atoms with Crippen molar-refractivity contribution in [1.82, 2.24) is 0 Å². The molecule has 0 aromatic heterocycles. The van der Waals surface area contributed by atoms with Crippen molar-refractivity contribution < 1.29 is 23.8 Å². The summed E-state index contributed by atoms with van der Waals surface area (Å²) < 4.78 is 25.3. The highest BCUT2D eigenvalue weighted by molar-refractivity contribution is 5.83. The van der Waals surface area contributed by atoms with Gasteiger partial charge in [-0.15, -0.1) is 0 Å². The van der Waals surface area contributed by atoms with Gasteiger partial charge in [0, 0.05) is 5.56 Å². The lowest BCUT2D eigenvalue weighted by Gasteiger charge is -2.35. The van der Waals surface area contributed by atoms with Gasteiger partial charge in [0.1, 0.15) is 5.67 Å². The number of hydrogen-bond donors (Lipinski definition) is 1. The monoisotopic (exact) mass is 308 g/mol. The van der Waals surface area contributed by atoms with E-state index in [0.29, 0.717) is 35.5 Å². The van der Waals surface area contributed by atoms with Crippen LogP contribution in [0.3, 0.4) is 0 Å². The number of alkyl halides is 1. The maximum atomic E-state index is 14.4. The van der Waals surface area contributed by atoms with Crippen molar-refractivity contribution in [2.75, 3.05) is 6.79 Å². The molecule has 1 saturated carbocycles. The molecule has 22 heavy (non-hydrogen) atoms. The van der Waals surface area contributed by atoms with Gasteiger partial charge in [-0.1, -0.05) is 19.3 Å². The van der Waals surface area contributed by atoms with Crippen molar-refractivity contribution in [2.24, 2.45) is 0 Å². The van der Waals surface area contributed by atoms with Gasteiger partial charge in [0.25, 0.3) is 0 Å². The molecule has 0 amide bonds. The number of carboxylic acids is 1. The van der Waals surface area contributed by atoms with Crippen LogP contribution in [0, 0.1) is 0 Å². The summed E-state index contributed by atoms with van der Waals surface area (Å²) in [5, 5.41) is 9.88. The summed E-state index contributed by atoms with van der Waals surface area (Å²) in [5.41, 5.74) is -1.57. The van der Waals surface area contributed by atoms with Gasteiger partial charge in [-0.05, 0) is 44.4 Å². The molecular weight excluding hydrogens is 287 g/mol. The molecule has 3 rings (SSSR count). The molecular formula is C17H21FO4. The van der Waals surface area contributed by atoms with E-state index in [-0.39, 0.29) is 6.79 Å². The number of carbonyl (C=O) groups is 1. The van der Waals surface area contributed by atoms with Gasteiger partial charge < -0.3 is 14.6 Å². The van der Waals surface area contributed by atoms with Crippen LogP contribution in [0.5, 0.6) is 11.5 Å². The van der Waals surface area contributed by atoms with Crippen molar-refractivity contribution in [3.05, 3.63) is 23.3 Å². The molecule has 120 valence electrons. The Bertz CT molecular complexity index is 597. The lowest BCUT2D eigenvalue weighted by Crippen LogP contribution is -2.38. The minimum absolute atomic E-state index is 0.0498. The molecule has 0 atom stereocenters. The van der Waals surface area contributed by atoms with Gasteiger partial charge in [-0.2, -0.15) is 0 Å². The summed E-state index contributed by atoms with van der Waals surface area (Å²) in [4.78, 5) is 12.0. The van der Waals surface area contributed by atoms with E-state index in [0.717, 1.165) is 19.3 Å². The Kier molecular flexibility index (Phi) is 3.54. The van der Waals surface area contributed by atoms with Gasteiger partial charge in [0.15, 0.2) is 11.5 Å². The van der Waals surface area contributed by atoms with E-state index >= 15 is 0 Å². The highest BCUT2D eigenvalue weighted by atomic mass is 19.1. The third-order valence-electron chi connectivity index (χ3n) is 4.79. The Morgan fingerprint density at radius 3 is 2.50 bits per heavy atom. The highest BCUT2D eigenvalue weighted by Crippen LogP contribution is 2.50. The summed E-state index contributed by atoms with van der Waals surface area (Å²) in [5.74, 6) is 0.0560. The first-order chi connectivity index (χ1) is 10.3. The minimum atomic E-state index is -1.57. The van der Waals surface area contributed by atoms with Crippen LogP contribution in [-0.2, 0) is 15.9 Å². The van der Waals surface area contributed by atoms with Crippen molar-refractivity contribution in [3.8, 4) is 11.5 Å². The second-order valence-corrected chi connectivity index (χ2v) is 6.68. The van der Waals surface area contributed by atoms with E-state index in [1.165, 1.54) is 13.8 Å². The van der Waals surface area contributed by atoms with Crippen LogP contribution in [0.25, 0.3) is 0 Å². The number of hydrogen-bond acceptors (Lipinski definition) is 3. The van der Waals surface area contributed by atoms with E-state index < -0.39 is 17.1 Å². The predicted octanol–water partition coefficient (Wildman–Crippen LogP) is 3.91. The van der Waals surface area contributed by atoms with Crippen LogP contribution in [-0.4, -0.2) is 17.9 Å². The molecule has 1 fully saturated rings. The second kappa shape index (κ2) is 5.14. The third kappa shape index (κ3) is 2.32. The average Bonchev–Trinajstić information content (AvgIpc) is 2.94. The van der Waals surface area contributed by atoms with E-state index in [1.54, 1.807) is 12.1 Å². The van der Waals surface area contributed by atoms with Crippen LogP contribution in [0.15, 0.2) is 12.1 Å². The first-order valence-electron chi connectivity index (χ1n) is 7.71. The molecule has 5 heteroatoms. The summed E-state index contributed by atoms with van der Waals surface area (Å²) in [7, 11) is 0. The zero-order valence-electron chi connectivity index (χ0n) is 12.9. The lowest BCUT2D eigenvalue weighted by molar-refractivity contribution is -0.145. The molecule has 1 heterocycles. The number of benzene rings is 1. The molecule has 2 aliphatic rings. The first kappa shape index (κ1) is 15.1. The Morgan fingerprint density at radius 1 is 1.23 bits per heavy atom. The summed E-state index contributed by atoms with van der Waals surface area (Å²) in [6, 6.07) is 3.27. The van der Waals surface area contributed by atoms with Crippen LogP contribution >= 0.6 is 0 Å². The van der Waals surface area contributed by atoms with Crippen molar-refractivity contribution in [1.29, 1.82) is 0 Å². The van der Waals surface area contributed by atoms with Gasteiger partial charge in [-0.25, -0.2) is 4.39 Å². The van der Waals surface area contributed by atoms with E-state index in [1.807, 2.05) is 0 Å². The Balaban J connectivity index is 2.20. The molecule has 0 bridgehead atoms. The highest BCUT2D eigenvalue weighted by Gasteiger charge is 2.45. The molecule has 0 spiro atoms. The van der Waals surface area contributed by atoms with Crippen LogP contribution in [0.2, 0.25) is 0 Å². The Hall–Kier alpha value is -1.78. The van der Waals surface area contributed by atoms with E-state index in [9.17, 15) is 14.3 Å². The SMILES string of the molecule is CC(C)(F)c1cc2c(c(C3(C(=O)O)CCCCC3)c1)OCO2. The van der Waals surface area contributed by atoms with E-state index in [2.05, 4.69) is 0 Å². The number of ether oxygens (including phenoxy) is 2. The van der Waals surface area contributed by atoms with Gasteiger partial charge in [0.2, 0.25) is 6.79 Å². The van der Waals surface area contributed by atoms with E-state index in [4.69, 9.17) is 9.47 Å². The van der Waals surface area contributed by atoms with Crippen LogP contribution in [0.4, 0.5) is 4.39 Å². The maximum Gasteiger partial charge on any atom is 0.314 e. The van der Waals surface area contributed by atoms with Gasteiger partial charge in [-0.3, -0.25) is 4.79 Å². The fourth-order valence-corrected chi connectivity index (χ4v) is 3.46. The van der Waals surface area contributed by atoms with Gasteiger partial charge in [0.05, 0.1) is 5.41 Å². The van der Waals surface area contributed by atoms with Crippen molar-refractivity contribution in [3.63, 3.8) is 0 Å². The van der Waals surface area contributed by atoms with Gasteiger partial charge >= 0.3 is 5.97 Å². The topological polar surface area (TPSA) is 55.8 Å². The minimum Gasteiger partial charge on any atom is -0.481 e. The normalized spacial score (nSPS) is 20.0. The fourth-order valence-electron chi connectivity index (χ4n) is 3.46. The smallest absolute Gasteiger partial charge is 0.314 e. The Morgan fingerprint density at radius 2 is 1.91 bits per heavy atom. The molecule has 0 radical (unpaired) electrons. The molecule has 1 aliphatic heterocycles. The second-order valence-electron chi connectivity index (χ2n) is 6.68. The predicted molar refractivity (Wildman–Crippen MR) is 79.1 cm³/mol. The van der Waals surface area contributed by atoms with Crippen LogP contribution < -0.4 is 9.47 Å². The van der Waals surface area contributed by atoms with Crippen molar-refractivity contribution >= 4 is 5.97 Å². The summed E-state index contributed by atoms with van der Waals surface area (Å²) in [6.45, 7) is 2.97. The quantitative estimate of drug-likeness (QED) is 0.920.